The molecule has 0 amide bonds. The minimum Gasteiger partial charge on any atom is -0.330 e. The summed E-state index contributed by atoms with van der Waals surface area (Å²) in [4.78, 5) is 5.31. The Morgan fingerprint density at radius 2 is 1.62 bits per heavy atom. The van der Waals surface area contributed by atoms with Gasteiger partial charge in [0.15, 0.2) is 0 Å². The maximum absolute atomic E-state index is 5.55. The lowest BCUT2D eigenvalue weighted by atomic mass is 9.94. The van der Waals surface area contributed by atoms with Gasteiger partial charge in [0.05, 0.1) is 0 Å². The number of piperazine rings is 1. The van der Waals surface area contributed by atoms with E-state index in [0.717, 1.165) is 19.0 Å². The smallest absolute Gasteiger partial charge is 0.0113 e. The third kappa shape index (κ3) is 3.44. The van der Waals surface area contributed by atoms with Crippen LogP contribution in [0.1, 0.15) is 38.5 Å². The fourth-order valence-electron chi connectivity index (χ4n) is 3.11. The number of nitrogens with two attached hydrogens (primary N) is 1. The normalized spacial score (nSPS) is 26.1. The first kappa shape index (κ1) is 12.3. The second kappa shape index (κ2) is 6.58. The first-order valence-corrected chi connectivity index (χ1v) is 7.06. The summed E-state index contributed by atoms with van der Waals surface area (Å²) in [5.41, 5.74) is 5.55. The van der Waals surface area contributed by atoms with E-state index in [1.54, 1.807) is 0 Å². The number of hydrogen-bond donors (Lipinski definition) is 1. The lowest BCUT2D eigenvalue weighted by molar-refractivity contribution is 0.0788. The Morgan fingerprint density at radius 3 is 2.25 bits per heavy atom. The standard InChI is InChI=1S/C13H27N3/c14-7-4-8-15-9-11-16(12-10-15)13-5-2-1-3-6-13/h13H,1-12,14H2. The van der Waals surface area contributed by atoms with Gasteiger partial charge in [0.1, 0.15) is 0 Å². The number of nitrogens with zero attached hydrogens (tertiary/aromatic N) is 2. The van der Waals surface area contributed by atoms with Crippen LogP contribution >= 0.6 is 0 Å². The van der Waals surface area contributed by atoms with Gasteiger partial charge in [-0.15, -0.1) is 0 Å². The first-order chi connectivity index (χ1) is 7.90. The van der Waals surface area contributed by atoms with E-state index >= 15 is 0 Å². The molecule has 1 heterocycles. The monoisotopic (exact) mass is 225 g/mol. The number of hydrogen-bond acceptors (Lipinski definition) is 3. The van der Waals surface area contributed by atoms with Crippen molar-refractivity contribution in [2.24, 2.45) is 5.73 Å². The highest BCUT2D eigenvalue weighted by Crippen LogP contribution is 2.23. The lowest BCUT2D eigenvalue weighted by Gasteiger charge is -2.40. The summed E-state index contributed by atoms with van der Waals surface area (Å²) >= 11 is 0. The van der Waals surface area contributed by atoms with Crippen LogP contribution in [0.5, 0.6) is 0 Å². The molecule has 2 fully saturated rings. The fourth-order valence-corrected chi connectivity index (χ4v) is 3.11. The second-order valence-corrected chi connectivity index (χ2v) is 5.31. The van der Waals surface area contributed by atoms with Crippen LogP contribution in [-0.4, -0.2) is 55.1 Å². The van der Waals surface area contributed by atoms with Crippen LogP contribution in [0.2, 0.25) is 0 Å². The van der Waals surface area contributed by atoms with E-state index in [4.69, 9.17) is 5.73 Å². The third-order valence-electron chi connectivity index (χ3n) is 4.18. The highest BCUT2D eigenvalue weighted by atomic mass is 15.3. The maximum Gasteiger partial charge on any atom is 0.0113 e. The van der Waals surface area contributed by atoms with E-state index in [1.165, 1.54) is 64.8 Å². The van der Waals surface area contributed by atoms with Crippen LogP contribution in [-0.2, 0) is 0 Å². The van der Waals surface area contributed by atoms with Crippen molar-refractivity contribution in [3.63, 3.8) is 0 Å². The van der Waals surface area contributed by atoms with Gasteiger partial charge in [-0.2, -0.15) is 0 Å². The molecule has 3 nitrogen and oxygen atoms in total. The first-order valence-electron chi connectivity index (χ1n) is 7.06. The molecular formula is C13H27N3. The van der Waals surface area contributed by atoms with Gasteiger partial charge in [0.25, 0.3) is 0 Å². The van der Waals surface area contributed by atoms with Crippen LogP contribution < -0.4 is 5.73 Å². The van der Waals surface area contributed by atoms with Gasteiger partial charge >= 0.3 is 0 Å². The number of rotatable bonds is 4. The average molecular weight is 225 g/mol. The van der Waals surface area contributed by atoms with Gasteiger partial charge in [-0.05, 0) is 32.4 Å². The van der Waals surface area contributed by atoms with Crippen molar-refractivity contribution in [3.8, 4) is 0 Å². The molecule has 16 heavy (non-hydrogen) atoms. The van der Waals surface area contributed by atoms with Crippen molar-refractivity contribution in [3.05, 3.63) is 0 Å². The van der Waals surface area contributed by atoms with E-state index in [0.29, 0.717) is 0 Å². The molecule has 1 aliphatic carbocycles. The van der Waals surface area contributed by atoms with Gasteiger partial charge in [-0.1, -0.05) is 19.3 Å². The van der Waals surface area contributed by atoms with Crippen molar-refractivity contribution in [1.82, 2.24) is 9.80 Å². The minimum atomic E-state index is 0.836. The van der Waals surface area contributed by atoms with Gasteiger partial charge in [0.2, 0.25) is 0 Å². The minimum absolute atomic E-state index is 0.836. The van der Waals surface area contributed by atoms with Gasteiger partial charge in [0, 0.05) is 32.2 Å². The van der Waals surface area contributed by atoms with Crippen molar-refractivity contribution >= 4 is 0 Å². The topological polar surface area (TPSA) is 32.5 Å². The summed E-state index contributed by atoms with van der Waals surface area (Å²) in [7, 11) is 0. The second-order valence-electron chi connectivity index (χ2n) is 5.31. The Labute approximate surface area is 100.0 Å². The van der Waals surface area contributed by atoms with E-state index in [-0.39, 0.29) is 0 Å². The molecule has 0 aromatic carbocycles. The molecule has 1 saturated carbocycles. The average Bonchev–Trinajstić information content (AvgIpc) is 2.38. The van der Waals surface area contributed by atoms with Crippen LogP contribution in [0, 0.1) is 0 Å². The molecule has 2 N–H and O–H groups in total. The molecule has 1 saturated heterocycles. The van der Waals surface area contributed by atoms with E-state index in [2.05, 4.69) is 9.80 Å². The van der Waals surface area contributed by atoms with Crippen LogP contribution in [0.15, 0.2) is 0 Å². The predicted octanol–water partition coefficient (Wildman–Crippen LogP) is 1.29. The summed E-state index contributed by atoms with van der Waals surface area (Å²) < 4.78 is 0. The van der Waals surface area contributed by atoms with Crippen molar-refractivity contribution in [1.29, 1.82) is 0 Å². The molecule has 0 spiro atoms. The summed E-state index contributed by atoms with van der Waals surface area (Å²) in [6.45, 7) is 7.13. The molecule has 94 valence electrons. The molecule has 2 aliphatic rings. The molecule has 0 aromatic heterocycles. The largest absolute Gasteiger partial charge is 0.330 e. The predicted molar refractivity (Wildman–Crippen MR) is 68.6 cm³/mol. The zero-order chi connectivity index (χ0) is 11.2. The molecule has 0 unspecified atom stereocenters. The van der Waals surface area contributed by atoms with Crippen molar-refractivity contribution in [2.75, 3.05) is 39.3 Å². The zero-order valence-corrected chi connectivity index (χ0v) is 10.5. The van der Waals surface area contributed by atoms with Gasteiger partial charge in [-0.3, -0.25) is 4.90 Å². The lowest BCUT2D eigenvalue weighted by Crippen LogP contribution is -2.51. The fraction of sp³-hybridized carbons (Fsp3) is 1.00. The van der Waals surface area contributed by atoms with Crippen LogP contribution in [0.25, 0.3) is 0 Å². The van der Waals surface area contributed by atoms with Gasteiger partial charge < -0.3 is 10.6 Å². The van der Waals surface area contributed by atoms with Crippen LogP contribution in [0.4, 0.5) is 0 Å². The highest BCUT2D eigenvalue weighted by molar-refractivity contribution is 4.80. The zero-order valence-electron chi connectivity index (χ0n) is 10.5. The molecule has 3 heteroatoms. The molecule has 2 rings (SSSR count). The Balaban J connectivity index is 1.67. The highest BCUT2D eigenvalue weighted by Gasteiger charge is 2.24. The Kier molecular flexibility index (Phi) is 5.07. The van der Waals surface area contributed by atoms with Gasteiger partial charge in [-0.25, -0.2) is 0 Å². The molecule has 0 radical (unpaired) electrons. The van der Waals surface area contributed by atoms with Crippen LogP contribution in [0.3, 0.4) is 0 Å². The van der Waals surface area contributed by atoms with Crippen molar-refractivity contribution < 1.29 is 0 Å². The molecule has 0 atom stereocenters. The summed E-state index contributed by atoms with van der Waals surface area (Å²) in [6.07, 6.45) is 8.43. The quantitative estimate of drug-likeness (QED) is 0.782. The summed E-state index contributed by atoms with van der Waals surface area (Å²) in [6, 6.07) is 0.908. The Bertz CT molecular complexity index is 182. The Hall–Kier alpha value is -0.120. The molecular weight excluding hydrogens is 198 g/mol. The van der Waals surface area contributed by atoms with E-state index in [1.807, 2.05) is 0 Å². The SMILES string of the molecule is NCCCN1CCN(C2CCCCC2)CC1. The molecule has 1 aliphatic heterocycles. The Morgan fingerprint density at radius 1 is 0.938 bits per heavy atom. The van der Waals surface area contributed by atoms with E-state index < -0.39 is 0 Å². The van der Waals surface area contributed by atoms with Crippen molar-refractivity contribution in [2.45, 2.75) is 44.6 Å². The van der Waals surface area contributed by atoms with E-state index in [9.17, 15) is 0 Å². The third-order valence-corrected chi connectivity index (χ3v) is 4.18. The summed E-state index contributed by atoms with van der Waals surface area (Å²) in [5, 5.41) is 0. The molecule has 0 aromatic rings. The molecule has 0 bridgehead atoms. The summed E-state index contributed by atoms with van der Waals surface area (Å²) in [5.74, 6) is 0. The maximum atomic E-state index is 5.55.